The Morgan fingerprint density at radius 1 is 1.06 bits per heavy atom. The van der Waals surface area contributed by atoms with Crippen molar-refractivity contribution in [3.63, 3.8) is 0 Å². The van der Waals surface area contributed by atoms with Gasteiger partial charge in [0.15, 0.2) is 5.82 Å². The fourth-order valence-corrected chi connectivity index (χ4v) is 3.78. The van der Waals surface area contributed by atoms with Crippen LogP contribution in [0.1, 0.15) is 40.9 Å². The summed E-state index contributed by atoms with van der Waals surface area (Å²) in [5.74, 6) is 0.182. The van der Waals surface area contributed by atoms with Crippen LogP contribution in [0.15, 0.2) is 60.7 Å². The number of nitrogens with zero attached hydrogens (tertiary/aromatic N) is 4. The molecule has 2 aromatic carbocycles. The first-order chi connectivity index (χ1) is 15.4. The van der Waals surface area contributed by atoms with Gasteiger partial charge in [-0.15, -0.1) is 5.10 Å². The van der Waals surface area contributed by atoms with E-state index in [2.05, 4.69) is 77.9 Å². The second kappa shape index (κ2) is 9.28. The van der Waals surface area contributed by atoms with E-state index in [0.29, 0.717) is 12.2 Å². The lowest BCUT2D eigenvalue weighted by molar-refractivity contribution is -0.156. The van der Waals surface area contributed by atoms with E-state index in [-0.39, 0.29) is 6.42 Å². The first kappa shape index (κ1) is 21.6. The maximum atomic E-state index is 11.8. The number of aliphatic hydroxyl groups is 1. The van der Waals surface area contributed by atoms with Gasteiger partial charge in [0.2, 0.25) is 0 Å². The minimum absolute atomic E-state index is 0.0260. The molecule has 2 atom stereocenters. The maximum Gasteiger partial charge on any atom is 0.309 e. The maximum absolute atomic E-state index is 11.8. The van der Waals surface area contributed by atoms with Crippen LogP contribution >= 0.6 is 0 Å². The molecule has 0 saturated carbocycles. The molecule has 32 heavy (non-hydrogen) atoms. The Labute approximate surface area is 187 Å². The van der Waals surface area contributed by atoms with Crippen molar-refractivity contribution >= 4 is 17.1 Å². The Morgan fingerprint density at radius 3 is 2.16 bits per heavy atom. The third kappa shape index (κ3) is 4.84. The highest BCUT2D eigenvalue weighted by Crippen LogP contribution is 2.33. The molecule has 7 heteroatoms. The number of aromatic nitrogens is 4. The number of esters is 1. The molecule has 0 radical (unpaired) electrons. The molecule has 2 heterocycles. The van der Waals surface area contributed by atoms with Crippen LogP contribution in [0.3, 0.4) is 0 Å². The van der Waals surface area contributed by atoms with Gasteiger partial charge in [0.05, 0.1) is 12.5 Å². The van der Waals surface area contributed by atoms with Gasteiger partial charge in [-0.25, -0.2) is 4.68 Å². The Hall–Kier alpha value is -3.58. The Kier molecular flexibility index (Phi) is 6.28. The van der Waals surface area contributed by atoms with Gasteiger partial charge in [0.1, 0.15) is 6.10 Å². The summed E-state index contributed by atoms with van der Waals surface area (Å²) in [6.45, 7) is 4.10. The normalized spacial score (nSPS) is 18.6. The predicted molar refractivity (Wildman–Crippen MR) is 121 cm³/mol. The summed E-state index contributed by atoms with van der Waals surface area (Å²) < 4.78 is 7.03. The van der Waals surface area contributed by atoms with E-state index in [0.717, 1.165) is 33.4 Å². The van der Waals surface area contributed by atoms with Gasteiger partial charge in [-0.05, 0) is 47.1 Å². The average molecular weight is 431 g/mol. The van der Waals surface area contributed by atoms with Crippen molar-refractivity contribution in [3.05, 3.63) is 88.8 Å². The van der Waals surface area contributed by atoms with E-state index in [1.54, 1.807) is 17.8 Å². The van der Waals surface area contributed by atoms with Crippen LogP contribution in [0.2, 0.25) is 0 Å². The van der Waals surface area contributed by atoms with E-state index < -0.39 is 18.2 Å². The predicted octanol–water partition coefficient (Wildman–Crippen LogP) is 3.41. The molecule has 0 bridgehead atoms. The molecule has 0 aliphatic carbocycles. The summed E-state index contributed by atoms with van der Waals surface area (Å²) >= 11 is 0. The van der Waals surface area contributed by atoms with Crippen molar-refractivity contribution in [2.24, 2.45) is 7.05 Å². The highest BCUT2D eigenvalue weighted by Gasteiger charge is 2.26. The van der Waals surface area contributed by atoms with Crippen LogP contribution in [0.5, 0.6) is 0 Å². The number of allylic oxidation sites excluding steroid dienone is 2. The lowest BCUT2D eigenvalue weighted by Gasteiger charge is -2.23. The molecule has 1 saturated heterocycles. The molecule has 7 nitrogen and oxygen atoms in total. The lowest BCUT2D eigenvalue weighted by Crippen LogP contribution is -2.31. The molecular weight excluding hydrogens is 404 g/mol. The summed E-state index contributed by atoms with van der Waals surface area (Å²) in [6.07, 6.45) is 2.85. The number of cyclic esters (lactones) is 1. The van der Waals surface area contributed by atoms with Crippen molar-refractivity contribution < 1.29 is 14.6 Å². The van der Waals surface area contributed by atoms with E-state index in [1.807, 2.05) is 6.08 Å². The largest absolute Gasteiger partial charge is 0.458 e. The summed E-state index contributed by atoms with van der Waals surface area (Å²) in [4.78, 5) is 11.8. The standard InChI is InChI=1S/C25H26N4O3/c1-16-4-8-18(9-5-16)24(19-10-6-17(2)7-11-19)22(25-26-27-28-29(25)3)13-12-21-14-20(30)15-23(31)32-21/h4-13,20-21,30H,14-15H2,1-3H3/t20-,21-/m1/s1. The molecule has 0 spiro atoms. The molecule has 3 aromatic rings. The van der Waals surface area contributed by atoms with Crippen molar-refractivity contribution in [2.75, 3.05) is 0 Å². The van der Waals surface area contributed by atoms with Crippen molar-refractivity contribution in [1.82, 2.24) is 20.2 Å². The Bertz CT molecular complexity index is 1110. The van der Waals surface area contributed by atoms with Gasteiger partial charge >= 0.3 is 5.97 Å². The molecular formula is C25H26N4O3. The highest BCUT2D eigenvalue weighted by molar-refractivity contribution is 6.01. The number of ether oxygens (including phenoxy) is 1. The minimum atomic E-state index is -0.705. The van der Waals surface area contributed by atoms with Crippen molar-refractivity contribution in [3.8, 4) is 0 Å². The number of rotatable bonds is 5. The van der Waals surface area contributed by atoms with Crippen LogP contribution < -0.4 is 0 Å². The van der Waals surface area contributed by atoms with Gasteiger partial charge < -0.3 is 9.84 Å². The lowest BCUT2D eigenvalue weighted by atomic mass is 9.91. The van der Waals surface area contributed by atoms with Gasteiger partial charge in [-0.1, -0.05) is 65.7 Å². The zero-order chi connectivity index (χ0) is 22.7. The molecule has 1 N–H and O–H groups in total. The minimum Gasteiger partial charge on any atom is -0.458 e. The van der Waals surface area contributed by atoms with Crippen LogP contribution in [0.4, 0.5) is 0 Å². The van der Waals surface area contributed by atoms with Crippen LogP contribution in [0.25, 0.3) is 11.1 Å². The number of benzene rings is 2. The van der Waals surface area contributed by atoms with E-state index in [1.165, 1.54) is 0 Å². The van der Waals surface area contributed by atoms with E-state index >= 15 is 0 Å². The third-order valence-electron chi connectivity index (χ3n) is 5.48. The zero-order valence-electron chi connectivity index (χ0n) is 18.4. The quantitative estimate of drug-likeness (QED) is 0.493. The number of carbonyl (C=O) groups is 1. The van der Waals surface area contributed by atoms with E-state index in [4.69, 9.17) is 4.74 Å². The van der Waals surface area contributed by atoms with Crippen LogP contribution in [0, 0.1) is 13.8 Å². The summed E-state index contributed by atoms with van der Waals surface area (Å²) in [5.41, 5.74) is 6.11. The van der Waals surface area contributed by atoms with Crippen molar-refractivity contribution in [2.45, 2.75) is 38.9 Å². The highest BCUT2D eigenvalue weighted by atomic mass is 16.5. The second-order valence-electron chi connectivity index (χ2n) is 8.13. The molecule has 1 fully saturated rings. The Morgan fingerprint density at radius 2 is 1.66 bits per heavy atom. The molecule has 1 aromatic heterocycles. The second-order valence-corrected chi connectivity index (χ2v) is 8.13. The first-order valence-corrected chi connectivity index (χ1v) is 10.6. The number of hydrogen-bond acceptors (Lipinski definition) is 6. The molecule has 1 aliphatic heterocycles. The smallest absolute Gasteiger partial charge is 0.309 e. The number of aryl methyl sites for hydroxylation is 3. The molecule has 4 rings (SSSR count). The summed E-state index contributed by atoms with van der Waals surface area (Å²) in [5, 5.41) is 22.1. The van der Waals surface area contributed by atoms with Gasteiger partial charge in [-0.3, -0.25) is 4.79 Å². The monoisotopic (exact) mass is 430 g/mol. The van der Waals surface area contributed by atoms with E-state index in [9.17, 15) is 9.90 Å². The van der Waals surface area contributed by atoms with Gasteiger partial charge in [0.25, 0.3) is 0 Å². The third-order valence-corrected chi connectivity index (χ3v) is 5.48. The number of tetrazole rings is 1. The van der Waals surface area contributed by atoms with Crippen molar-refractivity contribution in [1.29, 1.82) is 0 Å². The van der Waals surface area contributed by atoms with Gasteiger partial charge in [-0.2, -0.15) is 0 Å². The number of hydrogen-bond donors (Lipinski definition) is 1. The first-order valence-electron chi connectivity index (χ1n) is 10.6. The number of carbonyl (C=O) groups excluding carboxylic acids is 1. The summed E-state index contributed by atoms with van der Waals surface area (Å²) in [7, 11) is 1.79. The molecule has 1 aliphatic rings. The van der Waals surface area contributed by atoms with Crippen LogP contribution in [-0.2, 0) is 16.6 Å². The average Bonchev–Trinajstić information content (AvgIpc) is 3.18. The Balaban J connectivity index is 1.90. The molecule has 164 valence electrons. The van der Waals surface area contributed by atoms with Crippen LogP contribution in [-0.4, -0.2) is 43.5 Å². The summed E-state index contributed by atoms with van der Waals surface area (Å²) in [6, 6.07) is 16.6. The van der Waals surface area contributed by atoms with Gasteiger partial charge in [0, 0.05) is 19.0 Å². The fraction of sp³-hybridized carbons (Fsp3) is 0.280. The zero-order valence-corrected chi connectivity index (χ0v) is 18.4. The molecule has 0 unspecified atom stereocenters. The SMILES string of the molecule is Cc1ccc(C(=C(C=C[C@@H]2C[C@@H](O)CC(=O)O2)c2nnnn2C)c2ccc(C)cc2)cc1. The fourth-order valence-electron chi connectivity index (χ4n) is 3.78. The molecule has 0 amide bonds. The number of aliphatic hydroxyl groups excluding tert-OH is 1. The topological polar surface area (TPSA) is 90.1 Å².